The molecule has 10 aromatic carbocycles. The fraction of sp³-hybridized carbons (Fsp3) is 0.136. The van der Waals surface area contributed by atoms with Gasteiger partial charge in [0.1, 0.15) is 16.9 Å². The van der Waals surface area contributed by atoms with Crippen LogP contribution in [0.5, 0.6) is 0 Å². The van der Waals surface area contributed by atoms with Crippen molar-refractivity contribution in [3.05, 3.63) is 243 Å². The second-order valence-electron chi connectivity index (χ2n) is 26.1. The van der Waals surface area contributed by atoms with Gasteiger partial charge in [-0.25, -0.2) is 15.0 Å². The van der Waals surface area contributed by atoms with Crippen LogP contribution < -0.4 is 57.3 Å². The third-order valence-electron chi connectivity index (χ3n) is 16.2. The predicted octanol–water partition coefficient (Wildman–Crippen LogP) is 16.9. The number of halogens is 3. The minimum absolute atomic E-state index is 0.105. The maximum atomic E-state index is 12.2. The summed E-state index contributed by atoms with van der Waals surface area (Å²) < 4.78 is 58.9. The Bertz CT molecular complexity index is 5640. The Labute approximate surface area is 694 Å². The molecular formula is C81H81F3N20O2S3Se5. The van der Waals surface area contributed by atoms with Crippen molar-refractivity contribution in [1.82, 2.24) is 44.9 Å². The summed E-state index contributed by atoms with van der Waals surface area (Å²) in [5, 5.41) is 1.29. The van der Waals surface area contributed by atoms with Gasteiger partial charge in [0.25, 0.3) is 12.0 Å². The summed E-state index contributed by atoms with van der Waals surface area (Å²) >= 11 is -0.896. The molecule has 20 N–H and O–H groups in total. The van der Waals surface area contributed by atoms with E-state index in [1.165, 1.54) is 95.0 Å². The van der Waals surface area contributed by atoms with Gasteiger partial charge in [0.2, 0.25) is 0 Å². The quantitative estimate of drug-likeness (QED) is 0.0719. The van der Waals surface area contributed by atoms with Crippen molar-refractivity contribution in [2.45, 2.75) is 74.5 Å². The molecule has 0 saturated carbocycles. The third kappa shape index (κ3) is 24.6. The van der Waals surface area contributed by atoms with Gasteiger partial charge in [0, 0.05) is 6.42 Å². The van der Waals surface area contributed by atoms with E-state index in [4.69, 9.17) is 66.2 Å². The monoisotopic (exact) mass is 1920 g/mol. The number of aryl methyl sites for hydroxylation is 9. The molecule has 586 valence electrons. The number of oxazole rings is 2. The summed E-state index contributed by atoms with van der Waals surface area (Å²) in [5.74, 6) is -0.0819. The zero-order chi connectivity index (χ0) is 81.7. The zero-order valence-corrected chi connectivity index (χ0v) is 74.2. The summed E-state index contributed by atoms with van der Waals surface area (Å²) in [6, 6.07) is 60.3. The number of aliphatic imine (C=N–C) groups is 1. The summed E-state index contributed by atoms with van der Waals surface area (Å²) in [4.78, 5) is 41.4. The molecule has 0 unspecified atom stereocenters. The van der Waals surface area contributed by atoms with Gasteiger partial charge in [0.15, 0.2) is 21.4 Å². The average molecular weight is 1910 g/mol. The maximum absolute atomic E-state index is 12.2. The van der Waals surface area contributed by atoms with Gasteiger partial charge in [-0.1, -0.05) is 64.6 Å². The molecule has 0 bridgehead atoms. The molecule has 33 heteroatoms. The molecule has 0 amide bonds. The molecule has 0 aliphatic carbocycles. The van der Waals surface area contributed by atoms with Gasteiger partial charge in [-0.15, -0.1) is 0 Å². The molecule has 0 atom stereocenters. The first kappa shape index (κ1) is 84.6. The van der Waals surface area contributed by atoms with Gasteiger partial charge in [-0.05, 0) is 117 Å². The minimum atomic E-state index is -4.97. The van der Waals surface area contributed by atoms with E-state index in [1.54, 1.807) is 12.1 Å². The van der Waals surface area contributed by atoms with E-state index in [2.05, 4.69) is 183 Å². The van der Waals surface area contributed by atoms with E-state index >= 15 is 0 Å². The molecule has 0 radical (unpaired) electrons. The fourth-order valence-electron chi connectivity index (χ4n) is 11.0. The first-order valence-corrected chi connectivity index (χ1v) is 46.4. The molecule has 1 aliphatic heterocycles. The second kappa shape index (κ2) is 38.2. The first-order valence-electron chi connectivity index (χ1n) is 34.7. The second-order valence-corrected chi connectivity index (χ2v) is 40.7. The number of fused-ring (bicyclic) bond motifs is 10. The van der Waals surface area contributed by atoms with Crippen LogP contribution in [-0.2, 0) is 12.2 Å². The van der Waals surface area contributed by atoms with Gasteiger partial charge in [0.05, 0.1) is 26.1 Å². The molecular weight excluding hydrogens is 1830 g/mol. The first-order chi connectivity index (χ1) is 54.2. The number of nitrogens with two attached hydrogens (primary N) is 10. The van der Waals surface area contributed by atoms with Crippen LogP contribution in [0.4, 0.5) is 63.1 Å². The molecule has 0 fully saturated rings. The van der Waals surface area contributed by atoms with Crippen molar-refractivity contribution in [2.24, 2.45) is 10.7 Å². The number of thiazole rings is 2. The van der Waals surface area contributed by atoms with Crippen LogP contribution >= 0.6 is 33.9 Å². The van der Waals surface area contributed by atoms with Crippen molar-refractivity contribution >= 4 is 255 Å². The number of aromatic nitrogens is 9. The Morgan fingerprint density at radius 3 is 1.25 bits per heavy atom. The van der Waals surface area contributed by atoms with E-state index < -0.39 is 16.9 Å². The van der Waals surface area contributed by atoms with Gasteiger partial charge in [-0.2, -0.15) is 9.97 Å². The Morgan fingerprint density at radius 2 is 0.702 bits per heavy atom. The Balaban J connectivity index is 0.000000125. The van der Waals surface area contributed by atoms with Crippen molar-refractivity contribution in [3.63, 3.8) is 0 Å². The van der Waals surface area contributed by atoms with Crippen molar-refractivity contribution in [2.75, 3.05) is 51.6 Å². The fourth-order valence-corrected chi connectivity index (χ4v) is 21.6. The average Bonchev–Trinajstić information content (AvgIpc) is 1.76. The molecule has 0 spiro atoms. The number of nitrogens with zero attached hydrogens (tertiary/aromatic N) is 10. The van der Waals surface area contributed by atoms with Crippen LogP contribution in [0.3, 0.4) is 0 Å². The van der Waals surface area contributed by atoms with Crippen molar-refractivity contribution < 1.29 is 20.5 Å². The van der Waals surface area contributed by atoms with E-state index in [1.807, 2.05) is 92.7 Å². The number of anilines is 9. The van der Waals surface area contributed by atoms with Crippen LogP contribution in [0.1, 0.15) is 61.2 Å². The molecule has 114 heavy (non-hydrogen) atoms. The Hall–Kier alpha value is -10.3. The molecule has 19 aromatic rings. The Kier molecular flexibility index (Phi) is 28.3. The number of hydrogen-bond donors (Lipinski definition) is 10. The Morgan fingerprint density at radius 1 is 0.325 bits per heavy atom. The number of benzene rings is 10. The van der Waals surface area contributed by atoms with Crippen LogP contribution in [-0.4, -0.2) is 123 Å². The molecule has 20 rings (SSSR count). The predicted molar refractivity (Wildman–Crippen MR) is 479 cm³/mol. The number of rotatable bonds is 2. The molecule has 10 heterocycles. The number of nitrogen functional groups attached to an aromatic ring is 9. The normalized spacial score (nSPS) is 11.4. The number of amidine groups is 1. The standard InChI is InChI=1S/C9H10N2.C8H7F3N2SSe.2C8H8N2O.2C8H8N2S.4C8H8N2Se/c1-6-2-3-8-7(4-6)5-9(10)11-8;9-14(10,11)4-5-1-2-6-7(3-5)15-8(12)13-6;1-5-2-3-7-6(4-5)10-8(9)11-7;1-5-2-3-6-7(4-5)11-8(9)10-6;1-5-2-3-7-6(4-5)10-8(9)11-7;1-5-2-3-6-7(4-5)11-8(9)10-6;1-5-2-3-7-6(4-5)10-8(9)11-7;3*1-5-2-3-6-7(4-5)11-8(9)10-6/h2-4H,5H2,1H3,(H2,10,11);1-3H,4H2,(H2,12,13);8*2-4H,1H3,(H2,9,10). The van der Waals surface area contributed by atoms with E-state index in [9.17, 15) is 11.7 Å². The van der Waals surface area contributed by atoms with Crippen LogP contribution in [0.2, 0.25) is 0 Å². The molecule has 0 saturated heterocycles. The SMILES string of the molecule is Cc1ccc2[se]c(N)nc2c1.Cc1ccc2c(c1)CC(N)=N2.Cc1ccc2nc(N)[se]c2c1.Cc1ccc2nc(N)[se]c2c1.Cc1ccc2nc(N)[se]c2c1.Cc1ccc2nc(N)oc2c1.Cc1ccc2nc(N)sc2c1.Cc1ccc2oc(N)nc2c1.Cc1ccc2sc(N)nc2c1.Nc1nc2ccc(CS(F)(F)F)cc2[se]1. The van der Waals surface area contributed by atoms with Crippen molar-refractivity contribution in [3.8, 4) is 0 Å². The third-order valence-corrected chi connectivity index (χ3v) is 27.5. The van der Waals surface area contributed by atoms with Crippen molar-refractivity contribution in [1.29, 1.82) is 0 Å². The molecule has 22 nitrogen and oxygen atoms in total. The van der Waals surface area contributed by atoms with Gasteiger partial charge < -0.3 is 37.5 Å². The number of hydrogen-bond acceptors (Lipinski definition) is 24. The van der Waals surface area contributed by atoms with Crippen LogP contribution in [0.15, 0.2) is 196 Å². The molecule has 1 aliphatic rings. The van der Waals surface area contributed by atoms with E-state index in [-0.39, 0.29) is 84.5 Å². The van der Waals surface area contributed by atoms with Gasteiger partial charge >= 0.3 is 374 Å². The summed E-state index contributed by atoms with van der Waals surface area (Å²) in [5.41, 5.74) is 79.3. The zero-order valence-electron chi connectivity index (χ0n) is 63.2. The van der Waals surface area contributed by atoms with Crippen LogP contribution in [0.25, 0.3) is 91.5 Å². The summed E-state index contributed by atoms with van der Waals surface area (Å²) in [7, 11) is 0. The summed E-state index contributed by atoms with van der Waals surface area (Å²) in [6.07, 6.45) is 0.816. The van der Waals surface area contributed by atoms with E-state index in [0.29, 0.717) is 26.0 Å². The molecule has 9 aromatic heterocycles. The topological polar surface area (TPSA) is 415 Å². The van der Waals surface area contributed by atoms with Gasteiger partial charge in [-0.3, -0.25) is 0 Å². The van der Waals surface area contributed by atoms with Crippen LogP contribution in [0, 0.1) is 62.3 Å². The van der Waals surface area contributed by atoms with E-state index in [0.717, 1.165) is 112 Å². The summed E-state index contributed by atoms with van der Waals surface area (Å²) in [6.45, 7) is 18.5.